The predicted molar refractivity (Wildman–Crippen MR) is 148 cm³/mol. The Morgan fingerprint density at radius 2 is 1.09 bits per heavy atom. The molecule has 2 nitrogen and oxygen atoms in total. The van der Waals surface area contributed by atoms with Gasteiger partial charge in [0.25, 0.3) is 5.82 Å². The summed E-state index contributed by atoms with van der Waals surface area (Å²) in [4.78, 5) is 0. The number of aromatic nitrogens is 2. The summed E-state index contributed by atoms with van der Waals surface area (Å²) in [6.07, 6.45) is 32.6. The number of hydrogen-bond donors (Lipinski definition) is 0. The molecular weight excluding hydrogens is 412 g/mol. The van der Waals surface area contributed by atoms with Gasteiger partial charge in [0.05, 0.1) is 13.6 Å². The van der Waals surface area contributed by atoms with Gasteiger partial charge in [-0.1, -0.05) is 140 Å². The van der Waals surface area contributed by atoms with E-state index in [1.807, 2.05) is 0 Å². The van der Waals surface area contributed by atoms with Crippen LogP contribution in [0.5, 0.6) is 0 Å². The van der Waals surface area contributed by atoms with E-state index in [0.717, 1.165) is 6.54 Å². The van der Waals surface area contributed by atoms with E-state index in [0.29, 0.717) is 0 Å². The zero-order valence-corrected chi connectivity index (χ0v) is 22.8. The summed E-state index contributed by atoms with van der Waals surface area (Å²) in [5, 5.41) is 0. The summed E-state index contributed by atoms with van der Waals surface area (Å²) in [6.45, 7) is 3.43. The number of unbranched alkanes of at least 4 members (excludes halogenated alkanes) is 16. The van der Waals surface area contributed by atoms with E-state index in [4.69, 9.17) is 0 Å². The number of imidazole rings is 1. The quantitative estimate of drug-likeness (QED) is 0.121. The molecule has 0 aliphatic heterocycles. The van der Waals surface area contributed by atoms with Crippen LogP contribution in [0.25, 0.3) is 0 Å². The highest BCUT2D eigenvalue weighted by molar-refractivity contribution is 5.14. The number of nitrogens with zero attached hydrogens (tertiary/aromatic N) is 2. The Labute approximate surface area is 212 Å². The van der Waals surface area contributed by atoms with Gasteiger partial charge < -0.3 is 0 Å². The Morgan fingerprint density at radius 3 is 1.62 bits per heavy atom. The van der Waals surface area contributed by atoms with Crippen LogP contribution in [-0.4, -0.2) is 4.57 Å². The molecule has 0 radical (unpaired) electrons. The summed E-state index contributed by atoms with van der Waals surface area (Å²) in [5.74, 6) is 1.49. The van der Waals surface area contributed by atoms with E-state index >= 15 is 0 Å². The first-order valence-corrected chi connectivity index (χ1v) is 14.9. The minimum absolute atomic E-state index is 1.13. The number of benzene rings is 1. The molecule has 0 fully saturated rings. The molecule has 2 aromatic rings. The normalized spacial score (nSPS) is 11.4. The van der Waals surface area contributed by atoms with Gasteiger partial charge in [-0.2, -0.15) is 0 Å². The van der Waals surface area contributed by atoms with Crippen LogP contribution in [0, 0.1) is 0 Å². The van der Waals surface area contributed by atoms with Crippen molar-refractivity contribution < 1.29 is 4.57 Å². The van der Waals surface area contributed by atoms with Crippen molar-refractivity contribution in [1.29, 1.82) is 0 Å². The summed E-state index contributed by atoms with van der Waals surface area (Å²) in [5.41, 5.74) is 1.45. The molecule has 0 N–H and O–H groups in total. The van der Waals surface area contributed by atoms with Gasteiger partial charge in [0.2, 0.25) is 0 Å². The fourth-order valence-electron chi connectivity index (χ4n) is 5.18. The third-order valence-corrected chi connectivity index (χ3v) is 7.42. The number of hydrogen-bond acceptors (Lipinski definition) is 0. The van der Waals surface area contributed by atoms with E-state index in [2.05, 4.69) is 65.8 Å². The van der Waals surface area contributed by atoms with Crippen molar-refractivity contribution in [1.82, 2.24) is 4.57 Å². The summed E-state index contributed by atoms with van der Waals surface area (Å²) in [6, 6.07) is 10.9. The van der Waals surface area contributed by atoms with Crippen LogP contribution in [0.4, 0.5) is 0 Å². The van der Waals surface area contributed by atoms with Crippen LogP contribution in [0.1, 0.15) is 134 Å². The predicted octanol–water partition coefficient (Wildman–Crippen LogP) is 9.14. The molecule has 2 heteroatoms. The lowest BCUT2D eigenvalue weighted by atomic mass is 10.0. The Morgan fingerprint density at radius 1 is 0.588 bits per heavy atom. The molecule has 0 saturated heterocycles. The van der Waals surface area contributed by atoms with Gasteiger partial charge in [-0.15, -0.1) is 0 Å². The second kappa shape index (κ2) is 19.7. The minimum Gasteiger partial charge on any atom is -0.237 e. The van der Waals surface area contributed by atoms with Gasteiger partial charge in [-0.25, -0.2) is 9.13 Å². The van der Waals surface area contributed by atoms with Crippen molar-refractivity contribution in [2.24, 2.45) is 7.05 Å². The molecular formula is C32H55N2+. The molecule has 192 valence electrons. The first-order valence-electron chi connectivity index (χ1n) is 14.9. The third kappa shape index (κ3) is 13.4. The van der Waals surface area contributed by atoms with Crippen molar-refractivity contribution in [3.05, 3.63) is 54.1 Å². The van der Waals surface area contributed by atoms with Crippen LogP contribution in [0.15, 0.2) is 42.7 Å². The molecule has 0 amide bonds. The van der Waals surface area contributed by atoms with Crippen molar-refractivity contribution in [3.8, 4) is 0 Å². The van der Waals surface area contributed by atoms with Crippen LogP contribution in [-0.2, 0) is 26.4 Å². The molecule has 34 heavy (non-hydrogen) atoms. The zero-order valence-electron chi connectivity index (χ0n) is 22.8. The molecule has 2 rings (SSSR count). The molecule has 0 saturated carbocycles. The fourth-order valence-corrected chi connectivity index (χ4v) is 5.18. The molecule has 0 bridgehead atoms. The maximum atomic E-state index is 2.48. The minimum atomic E-state index is 1.13. The SMILES string of the molecule is CCCCCCCCCCCCCCCCCCCc1n(CCCc2ccccc2)cc[n+]1C. The molecule has 1 heterocycles. The Hall–Kier alpha value is -1.57. The molecule has 1 aromatic carbocycles. The average Bonchev–Trinajstić information content (AvgIpc) is 3.21. The summed E-state index contributed by atoms with van der Waals surface area (Å²) < 4.78 is 4.81. The first-order chi connectivity index (χ1) is 16.8. The maximum Gasteiger partial charge on any atom is 0.256 e. The van der Waals surface area contributed by atoms with E-state index in [1.54, 1.807) is 0 Å². The van der Waals surface area contributed by atoms with Crippen molar-refractivity contribution in [2.45, 2.75) is 142 Å². The van der Waals surface area contributed by atoms with Crippen LogP contribution in [0.2, 0.25) is 0 Å². The van der Waals surface area contributed by atoms with E-state index in [1.165, 1.54) is 140 Å². The van der Waals surface area contributed by atoms with E-state index < -0.39 is 0 Å². The lowest BCUT2D eigenvalue weighted by Gasteiger charge is -2.05. The molecule has 0 unspecified atom stereocenters. The molecule has 0 atom stereocenters. The van der Waals surface area contributed by atoms with Crippen molar-refractivity contribution in [3.63, 3.8) is 0 Å². The number of aryl methyl sites for hydroxylation is 3. The maximum absolute atomic E-state index is 2.48. The Balaban J connectivity index is 1.40. The van der Waals surface area contributed by atoms with Crippen molar-refractivity contribution >= 4 is 0 Å². The summed E-state index contributed by atoms with van der Waals surface area (Å²) >= 11 is 0. The molecule has 0 aliphatic rings. The van der Waals surface area contributed by atoms with Gasteiger partial charge in [0.1, 0.15) is 12.4 Å². The highest BCUT2D eigenvalue weighted by Crippen LogP contribution is 2.15. The van der Waals surface area contributed by atoms with E-state index in [-0.39, 0.29) is 0 Å². The van der Waals surface area contributed by atoms with Crippen LogP contribution in [0.3, 0.4) is 0 Å². The Bertz CT molecular complexity index is 703. The second-order valence-corrected chi connectivity index (χ2v) is 10.5. The topological polar surface area (TPSA) is 8.81 Å². The fraction of sp³-hybridized carbons (Fsp3) is 0.719. The smallest absolute Gasteiger partial charge is 0.237 e. The zero-order chi connectivity index (χ0) is 24.1. The van der Waals surface area contributed by atoms with Crippen LogP contribution < -0.4 is 4.57 Å². The highest BCUT2D eigenvalue weighted by atomic mass is 15.1. The third-order valence-electron chi connectivity index (χ3n) is 7.42. The second-order valence-electron chi connectivity index (χ2n) is 10.5. The lowest BCUT2D eigenvalue weighted by molar-refractivity contribution is -0.678. The average molecular weight is 468 g/mol. The molecule has 1 aromatic heterocycles. The van der Waals surface area contributed by atoms with E-state index in [9.17, 15) is 0 Å². The first kappa shape index (κ1) is 28.7. The van der Waals surface area contributed by atoms with Gasteiger partial charge in [0.15, 0.2) is 0 Å². The highest BCUT2D eigenvalue weighted by Gasteiger charge is 2.13. The Kier molecular flexibility index (Phi) is 16.6. The molecule has 0 spiro atoms. The molecule has 0 aliphatic carbocycles. The summed E-state index contributed by atoms with van der Waals surface area (Å²) in [7, 11) is 2.20. The van der Waals surface area contributed by atoms with Gasteiger partial charge in [-0.05, 0) is 24.8 Å². The number of rotatable bonds is 22. The van der Waals surface area contributed by atoms with Gasteiger partial charge in [0, 0.05) is 6.42 Å². The lowest BCUT2D eigenvalue weighted by Crippen LogP contribution is -2.32. The van der Waals surface area contributed by atoms with Gasteiger partial charge in [-0.3, -0.25) is 0 Å². The van der Waals surface area contributed by atoms with Crippen LogP contribution >= 0.6 is 0 Å². The largest absolute Gasteiger partial charge is 0.256 e. The standard InChI is InChI=1S/C32H55N2/c1-3-4-5-6-7-8-9-10-11-12-13-14-15-16-17-18-22-27-32-33(2)29-30-34(32)28-23-26-31-24-20-19-21-25-31/h19-21,24-25,29-30H,3-18,22-23,26-28H2,1-2H3/q+1. The van der Waals surface area contributed by atoms with Gasteiger partial charge >= 0.3 is 0 Å². The van der Waals surface area contributed by atoms with Crippen molar-refractivity contribution in [2.75, 3.05) is 0 Å². The monoisotopic (exact) mass is 467 g/mol.